The molecule has 1 saturated heterocycles. The van der Waals surface area contributed by atoms with Gasteiger partial charge >= 0.3 is 12.1 Å². The lowest BCUT2D eigenvalue weighted by atomic mass is 9.88. The van der Waals surface area contributed by atoms with Crippen LogP contribution in [0.2, 0.25) is 0 Å². The van der Waals surface area contributed by atoms with Crippen LogP contribution in [0, 0.1) is 0 Å². The summed E-state index contributed by atoms with van der Waals surface area (Å²) in [4.78, 5) is 26.3. The summed E-state index contributed by atoms with van der Waals surface area (Å²) in [6.45, 7) is 0.808. The Bertz CT molecular complexity index is 1070. The number of aromatic nitrogens is 3. The normalized spacial score (nSPS) is 17.1. The number of hydrogen-bond donors (Lipinski definition) is 1. The molecule has 8 heteroatoms. The van der Waals surface area contributed by atoms with Crippen molar-refractivity contribution in [3.8, 4) is 11.1 Å². The Labute approximate surface area is 179 Å². The molecule has 3 aromatic rings. The summed E-state index contributed by atoms with van der Waals surface area (Å²) in [5.74, 6) is -0.973. The lowest BCUT2D eigenvalue weighted by Gasteiger charge is -2.38. The average Bonchev–Trinajstić information content (AvgIpc) is 3.45. The number of nitrogens with zero attached hydrogens (tertiary/aromatic N) is 4. The summed E-state index contributed by atoms with van der Waals surface area (Å²) >= 11 is 0. The first-order valence-electron chi connectivity index (χ1n) is 10.3. The van der Waals surface area contributed by atoms with Crippen LogP contribution in [0.1, 0.15) is 29.9 Å². The van der Waals surface area contributed by atoms with Gasteiger partial charge in [-0.05, 0) is 22.3 Å². The Kier molecular flexibility index (Phi) is 4.69. The highest BCUT2D eigenvalue weighted by Crippen LogP contribution is 2.44. The van der Waals surface area contributed by atoms with Crippen LogP contribution in [0.4, 0.5) is 4.79 Å². The molecule has 0 saturated carbocycles. The molecule has 1 fully saturated rings. The number of carboxylic acids is 1. The maximum absolute atomic E-state index is 12.8. The number of piperidine rings is 1. The lowest BCUT2D eigenvalue weighted by molar-refractivity contribution is -0.151. The number of ether oxygens (including phenoxy) is 1. The van der Waals surface area contributed by atoms with Gasteiger partial charge in [-0.1, -0.05) is 53.7 Å². The number of amides is 1. The number of carbonyl (C=O) groups is 2. The fourth-order valence-electron chi connectivity index (χ4n) is 4.72. The molecular weight excluding hydrogens is 396 g/mol. The highest BCUT2D eigenvalue weighted by molar-refractivity contribution is 5.79. The second kappa shape index (κ2) is 7.54. The molecule has 5 rings (SSSR count). The second-order valence-corrected chi connectivity index (χ2v) is 7.98. The molecule has 0 bridgehead atoms. The van der Waals surface area contributed by atoms with E-state index in [1.807, 2.05) is 24.3 Å². The number of fused-ring (bicyclic) bond motifs is 3. The van der Waals surface area contributed by atoms with Gasteiger partial charge in [-0.25, -0.2) is 14.3 Å². The van der Waals surface area contributed by atoms with Gasteiger partial charge in [-0.2, -0.15) is 0 Å². The van der Waals surface area contributed by atoms with E-state index in [2.05, 4.69) is 34.6 Å². The van der Waals surface area contributed by atoms with Crippen LogP contribution in [0.5, 0.6) is 0 Å². The third-order valence-electron chi connectivity index (χ3n) is 6.44. The third kappa shape index (κ3) is 3.15. The number of hydrogen-bond acceptors (Lipinski definition) is 5. The Morgan fingerprint density at radius 1 is 1.03 bits per heavy atom. The summed E-state index contributed by atoms with van der Waals surface area (Å²) in [5.41, 5.74) is 3.49. The van der Waals surface area contributed by atoms with Gasteiger partial charge in [0.05, 0.1) is 6.20 Å². The predicted octanol–water partition coefficient (Wildman–Crippen LogP) is 3.10. The Balaban J connectivity index is 1.27. The molecule has 1 amide bonds. The smallest absolute Gasteiger partial charge is 0.409 e. The summed E-state index contributed by atoms with van der Waals surface area (Å²) in [6, 6.07) is 16.4. The topological polar surface area (TPSA) is 97.6 Å². The third-order valence-corrected chi connectivity index (χ3v) is 6.44. The van der Waals surface area contributed by atoms with E-state index in [0.717, 1.165) is 11.1 Å². The molecule has 1 N–H and O–H groups in total. The van der Waals surface area contributed by atoms with E-state index in [9.17, 15) is 14.7 Å². The Morgan fingerprint density at radius 3 is 2.19 bits per heavy atom. The molecule has 8 nitrogen and oxygen atoms in total. The van der Waals surface area contributed by atoms with E-state index in [-0.39, 0.29) is 38.5 Å². The molecule has 2 aliphatic rings. The molecule has 31 heavy (non-hydrogen) atoms. The molecule has 0 atom stereocenters. The van der Waals surface area contributed by atoms with Gasteiger partial charge in [-0.3, -0.25) is 0 Å². The van der Waals surface area contributed by atoms with Crippen LogP contribution in [0.15, 0.2) is 60.9 Å². The average molecular weight is 418 g/mol. The maximum Gasteiger partial charge on any atom is 0.409 e. The van der Waals surface area contributed by atoms with Gasteiger partial charge in [0.1, 0.15) is 6.61 Å². The molecule has 2 aromatic carbocycles. The summed E-state index contributed by atoms with van der Waals surface area (Å²) in [6.07, 6.45) is 3.09. The van der Waals surface area contributed by atoms with E-state index in [1.165, 1.54) is 22.0 Å². The van der Waals surface area contributed by atoms with E-state index in [0.29, 0.717) is 0 Å². The fraction of sp³-hybridized carbons (Fsp3) is 0.304. The second-order valence-electron chi connectivity index (χ2n) is 7.98. The number of rotatable bonds is 4. The molecule has 0 radical (unpaired) electrons. The minimum Gasteiger partial charge on any atom is -0.479 e. The molecule has 0 unspecified atom stereocenters. The number of likely N-dealkylation sites (tertiary alicyclic amines) is 1. The minimum absolute atomic E-state index is 0.00519. The number of benzene rings is 2. The summed E-state index contributed by atoms with van der Waals surface area (Å²) < 4.78 is 7.08. The highest BCUT2D eigenvalue weighted by atomic mass is 16.6. The Morgan fingerprint density at radius 2 is 1.65 bits per heavy atom. The van der Waals surface area contributed by atoms with E-state index < -0.39 is 17.6 Å². The highest BCUT2D eigenvalue weighted by Gasteiger charge is 2.45. The van der Waals surface area contributed by atoms with Crippen molar-refractivity contribution in [2.24, 2.45) is 0 Å². The van der Waals surface area contributed by atoms with Gasteiger partial charge in [0.2, 0.25) is 0 Å². The zero-order chi connectivity index (χ0) is 21.4. The molecule has 1 aromatic heterocycles. The van der Waals surface area contributed by atoms with Crippen molar-refractivity contribution in [1.82, 2.24) is 19.9 Å². The molecule has 2 heterocycles. The molecule has 0 spiro atoms. The SMILES string of the molecule is O=C(OCC1c2ccccc2-c2ccccc21)N1CCC(C(=O)O)(n2ccnn2)CC1. The van der Waals surface area contributed by atoms with Crippen LogP contribution < -0.4 is 0 Å². The largest absolute Gasteiger partial charge is 0.479 e. The monoisotopic (exact) mass is 418 g/mol. The van der Waals surface area contributed by atoms with Crippen molar-refractivity contribution in [2.45, 2.75) is 24.3 Å². The standard InChI is InChI=1S/C23H22N4O4/c28-21(29)23(27-14-11-24-25-27)9-12-26(13-10-23)22(30)31-15-20-18-7-3-1-5-16(18)17-6-2-4-8-19(17)20/h1-8,11,14,20H,9-10,12-13,15H2,(H,28,29). The maximum atomic E-state index is 12.8. The molecule has 158 valence electrons. The van der Waals surface area contributed by atoms with Crippen molar-refractivity contribution in [3.05, 3.63) is 72.1 Å². The zero-order valence-electron chi connectivity index (χ0n) is 16.8. The van der Waals surface area contributed by atoms with Gasteiger partial charge in [-0.15, -0.1) is 5.10 Å². The molecular formula is C23H22N4O4. The first kappa shape index (κ1) is 19.3. The fourth-order valence-corrected chi connectivity index (χ4v) is 4.72. The lowest BCUT2D eigenvalue weighted by Crippen LogP contribution is -2.52. The van der Waals surface area contributed by atoms with Crippen molar-refractivity contribution >= 4 is 12.1 Å². The number of aliphatic carboxylic acids is 1. The van der Waals surface area contributed by atoms with Crippen molar-refractivity contribution in [1.29, 1.82) is 0 Å². The van der Waals surface area contributed by atoms with Crippen LogP contribution in [0.25, 0.3) is 11.1 Å². The van der Waals surface area contributed by atoms with E-state index in [4.69, 9.17) is 4.74 Å². The van der Waals surface area contributed by atoms with Gasteiger partial charge in [0.15, 0.2) is 5.54 Å². The van der Waals surface area contributed by atoms with Crippen LogP contribution in [-0.4, -0.2) is 56.8 Å². The van der Waals surface area contributed by atoms with Crippen LogP contribution in [0.3, 0.4) is 0 Å². The molecule has 1 aliphatic carbocycles. The van der Waals surface area contributed by atoms with Crippen molar-refractivity contribution in [2.75, 3.05) is 19.7 Å². The van der Waals surface area contributed by atoms with Crippen LogP contribution in [-0.2, 0) is 15.1 Å². The first-order valence-corrected chi connectivity index (χ1v) is 10.3. The van der Waals surface area contributed by atoms with Crippen molar-refractivity contribution in [3.63, 3.8) is 0 Å². The first-order chi connectivity index (χ1) is 15.1. The van der Waals surface area contributed by atoms with Crippen LogP contribution >= 0.6 is 0 Å². The van der Waals surface area contributed by atoms with Gasteiger partial charge in [0, 0.05) is 38.0 Å². The predicted molar refractivity (Wildman–Crippen MR) is 112 cm³/mol. The Hall–Kier alpha value is -3.68. The number of carbonyl (C=O) groups excluding carboxylic acids is 1. The minimum atomic E-state index is -1.18. The molecule has 1 aliphatic heterocycles. The summed E-state index contributed by atoms with van der Waals surface area (Å²) in [7, 11) is 0. The van der Waals surface area contributed by atoms with E-state index in [1.54, 1.807) is 11.1 Å². The van der Waals surface area contributed by atoms with Gasteiger partial charge < -0.3 is 14.7 Å². The summed E-state index contributed by atoms with van der Waals surface area (Å²) in [5, 5.41) is 17.4. The van der Waals surface area contributed by atoms with Crippen molar-refractivity contribution < 1.29 is 19.4 Å². The zero-order valence-corrected chi connectivity index (χ0v) is 16.8. The van der Waals surface area contributed by atoms with Gasteiger partial charge in [0.25, 0.3) is 0 Å². The quantitative estimate of drug-likeness (QED) is 0.699. The number of carboxylic acid groups (broad SMARTS) is 1. The van der Waals surface area contributed by atoms with E-state index >= 15 is 0 Å².